The molecule has 2 saturated carbocycles. The van der Waals surface area contributed by atoms with E-state index in [0.717, 1.165) is 29.4 Å². The number of allylic oxidation sites excluding steroid dienone is 1. The van der Waals surface area contributed by atoms with E-state index in [1.54, 1.807) is 0 Å². The number of amides is 1. The Hall–Kier alpha value is -2.20. The molecule has 0 saturated heterocycles. The third-order valence-corrected chi connectivity index (χ3v) is 6.28. The summed E-state index contributed by atoms with van der Waals surface area (Å²) in [7, 11) is 0. The zero-order chi connectivity index (χ0) is 18.7. The standard InChI is InChI=1S/C23H28N2O2/c26-16-23(22(27)25-14-17-6-2-1-3-7-17)13-20(23)11-10-18-12-19-8-4-5-9-21(19)24-15-18/h4-5,8-12,15,17,20,26H,1-3,6-7,13-14,16H2,(H,25,27)/b11-10+. The van der Waals surface area contributed by atoms with E-state index in [-0.39, 0.29) is 18.4 Å². The highest BCUT2D eigenvalue weighted by Crippen LogP contribution is 2.53. The summed E-state index contributed by atoms with van der Waals surface area (Å²) in [6.45, 7) is 0.667. The van der Waals surface area contributed by atoms with E-state index in [0.29, 0.717) is 5.92 Å². The third kappa shape index (κ3) is 3.91. The van der Waals surface area contributed by atoms with Crippen molar-refractivity contribution in [1.29, 1.82) is 0 Å². The van der Waals surface area contributed by atoms with Gasteiger partial charge in [-0.05, 0) is 48.8 Å². The van der Waals surface area contributed by atoms with Crippen LogP contribution in [0.1, 0.15) is 44.1 Å². The Kier molecular flexibility index (Phi) is 5.26. The van der Waals surface area contributed by atoms with Gasteiger partial charge in [0.25, 0.3) is 0 Å². The smallest absolute Gasteiger partial charge is 0.229 e. The van der Waals surface area contributed by atoms with Gasteiger partial charge in [0, 0.05) is 18.1 Å². The first kappa shape index (κ1) is 18.2. The molecule has 2 aliphatic carbocycles. The van der Waals surface area contributed by atoms with Crippen LogP contribution in [-0.4, -0.2) is 29.1 Å². The number of hydrogen-bond donors (Lipinski definition) is 2. The Morgan fingerprint density at radius 2 is 2.07 bits per heavy atom. The van der Waals surface area contributed by atoms with Gasteiger partial charge in [-0.25, -0.2) is 0 Å². The van der Waals surface area contributed by atoms with Gasteiger partial charge in [-0.2, -0.15) is 0 Å². The van der Waals surface area contributed by atoms with Crippen LogP contribution < -0.4 is 5.32 Å². The van der Waals surface area contributed by atoms with Gasteiger partial charge in [0.2, 0.25) is 5.91 Å². The van der Waals surface area contributed by atoms with Crippen molar-refractivity contribution in [1.82, 2.24) is 10.3 Å². The van der Waals surface area contributed by atoms with Gasteiger partial charge in [-0.15, -0.1) is 0 Å². The maximum atomic E-state index is 12.7. The minimum atomic E-state index is -0.630. The Bertz CT molecular complexity index is 841. The maximum Gasteiger partial charge on any atom is 0.229 e. The minimum absolute atomic E-state index is 0.0156. The van der Waals surface area contributed by atoms with Gasteiger partial charge in [-0.3, -0.25) is 9.78 Å². The van der Waals surface area contributed by atoms with Crippen LogP contribution in [0.2, 0.25) is 0 Å². The second kappa shape index (κ2) is 7.81. The molecule has 1 heterocycles. The molecule has 4 nitrogen and oxygen atoms in total. The number of nitrogens with zero attached hydrogens (tertiary/aromatic N) is 1. The van der Waals surface area contributed by atoms with Crippen LogP contribution in [0, 0.1) is 17.3 Å². The van der Waals surface area contributed by atoms with Gasteiger partial charge in [0.1, 0.15) is 0 Å². The number of fused-ring (bicyclic) bond motifs is 1. The average molecular weight is 364 g/mol. The number of benzene rings is 1. The first-order valence-corrected chi connectivity index (χ1v) is 10.1. The van der Waals surface area contributed by atoms with Crippen LogP contribution in [0.15, 0.2) is 42.6 Å². The molecule has 4 rings (SSSR count). The van der Waals surface area contributed by atoms with E-state index >= 15 is 0 Å². The predicted molar refractivity (Wildman–Crippen MR) is 108 cm³/mol. The summed E-state index contributed by atoms with van der Waals surface area (Å²) >= 11 is 0. The second-order valence-electron chi connectivity index (χ2n) is 8.16. The molecule has 4 heteroatoms. The van der Waals surface area contributed by atoms with Crippen LogP contribution in [0.5, 0.6) is 0 Å². The quantitative estimate of drug-likeness (QED) is 0.816. The molecular formula is C23H28N2O2. The first-order valence-electron chi connectivity index (χ1n) is 10.1. The fourth-order valence-electron chi connectivity index (χ4n) is 4.31. The molecule has 2 unspecified atom stereocenters. The van der Waals surface area contributed by atoms with Crippen LogP contribution in [0.25, 0.3) is 17.0 Å². The van der Waals surface area contributed by atoms with E-state index in [1.807, 2.05) is 36.5 Å². The van der Waals surface area contributed by atoms with Crippen molar-refractivity contribution in [2.24, 2.45) is 17.3 Å². The molecule has 2 aliphatic rings. The highest BCUT2D eigenvalue weighted by molar-refractivity contribution is 5.87. The maximum absolute atomic E-state index is 12.7. The van der Waals surface area contributed by atoms with Gasteiger partial charge in [0.05, 0.1) is 17.5 Å². The molecular weight excluding hydrogens is 336 g/mol. The lowest BCUT2D eigenvalue weighted by Crippen LogP contribution is -2.38. The third-order valence-electron chi connectivity index (χ3n) is 6.28. The van der Waals surface area contributed by atoms with Gasteiger partial charge in [0.15, 0.2) is 0 Å². The molecule has 2 aromatic rings. The topological polar surface area (TPSA) is 62.2 Å². The highest BCUT2D eigenvalue weighted by Gasteiger charge is 2.58. The number of aromatic nitrogens is 1. The van der Waals surface area contributed by atoms with Crippen molar-refractivity contribution in [2.75, 3.05) is 13.2 Å². The average Bonchev–Trinajstić information content (AvgIpc) is 3.46. The lowest BCUT2D eigenvalue weighted by atomic mass is 9.89. The van der Waals surface area contributed by atoms with Gasteiger partial charge < -0.3 is 10.4 Å². The summed E-state index contributed by atoms with van der Waals surface area (Å²) in [5.41, 5.74) is 1.37. The number of rotatable bonds is 6. The van der Waals surface area contributed by atoms with Crippen LogP contribution in [0.4, 0.5) is 0 Å². The molecule has 1 aromatic carbocycles. The molecule has 2 atom stereocenters. The number of aliphatic hydroxyl groups is 1. The predicted octanol–water partition coefficient (Wildman–Crippen LogP) is 3.94. The van der Waals surface area contributed by atoms with Crippen molar-refractivity contribution in [2.45, 2.75) is 38.5 Å². The van der Waals surface area contributed by atoms with Crippen LogP contribution in [0.3, 0.4) is 0 Å². The zero-order valence-electron chi connectivity index (χ0n) is 15.7. The number of pyridine rings is 1. The van der Waals surface area contributed by atoms with Crippen LogP contribution >= 0.6 is 0 Å². The summed E-state index contributed by atoms with van der Waals surface area (Å²) in [4.78, 5) is 17.2. The lowest BCUT2D eigenvalue weighted by Gasteiger charge is -2.23. The van der Waals surface area contributed by atoms with E-state index in [2.05, 4.69) is 22.4 Å². The van der Waals surface area contributed by atoms with E-state index in [1.165, 1.54) is 32.1 Å². The molecule has 2 fully saturated rings. The summed E-state index contributed by atoms with van der Waals surface area (Å²) in [5, 5.41) is 14.1. The normalized spacial score (nSPS) is 25.7. The number of carbonyl (C=O) groups is 1. The van der Waals surface area contributed by atoms with E-state index in [9.17, 15) is 9.90 Å². The molecule has 1 aromatic heterocycles. The largest absolute Gasteiger partial charge is 0.395 e. The Labute approximate surface area is 160 Å². The molecule has 0 spiro atoms. The summed E-state index contributed by atoms with van der Waals surface area (Å²) in [6, 6.07) is 10.1. The number of nitrogens with one attached hydrogen (secondary N) is 1. The van der Waals surface area contributed by atoms with E-state index < -0.39 is 5.41 Å². The molecule has 27 heavy (non-hydrogen) atoms. The number of carbonyl (C=O) groups excluding carboxylic acids is 1. The second-order valence-corrected chi connectivity index (χ2v) is 8.16. The Balaban J connectivity index is 1.37. The molecule has 1 amide bonds. The van der Waals surface area contributed by atoms with Gasteiger partial charge in [-0.1, -0.05) is 49.6 Å². The van der Waals surface area contributed by atoms with Gasteiger partial charge >= 0.3 is 0 Å². The summed E-state index contributed by atoms with van der Waals surface area (Å²) < 4.78 is 0. The summed E-state index contributed by atoms with van der Waals surface area (Å²) in [6.07, 6.45) is 12.9. The lowest BCUT2D eigenvalue weighted by molar-refractivity contribution is -0.128. The SMILES string of the molecule is O=C(NCC1CCCCC1)C1(CO)CC1/C=C/c1cnc2ccccc2c1. The zero-order valence-corrected chi connectivity index (χ0v) is 15.7. The fraction of sp³-hybridized carbons (Fsp3) is 0.478. The molecule has 0 aliphatic heterocycles. The molecule has 2 N–H and O–H groups in total. The highest BCUT2D eigenvalue weighted by atomic mass is 16.3. The van der Waals surface area contributed by atoms with Crippen LogP contribution in [-0.2, 0) is 4.79 Å². The monoisotopic (exact) mass is 364 g/mol. The molecule has 142 valence electrons. The number of para-hydroxylation sites is 1. The van der Waals surface area contributed by atoms with Crippen molar-refractivity contribution in [3.8, 4) is 0 Å². The summed E-state index contributed by atoms with van der Waals surface area (Å²) in [5.74, 6) is 0.719. The number of hydrogen-bond acceptors (Lipinski definition) is 3. The Morgan fingerprint density at radius 3 is 2.89 bits per heavy atom. The Morgan fingerprint density at radius 1 is 1.26 bits per heavy atom. The van der Waals surface area contributed by atoms with Crippen molar-refractivity contribution < 1.29 is 9.90 Å². The molecule has 0 radical (unpaired) electrons. The van der Waals surface area contributed by atoms with E-state index in [4.69, 9.17) is 0 Å². The minimum Gasteiger partial charge on any atom is -0.395 e. The van der Waals surface area contributed by atoms with Crippen molar-refractivity contribution >= 4 is 22.9 Å². The molecule has 0 bridgehead atoms. The van der Waals surface area contributed by atoms with Crippen molar-refractivity contribution in [3.63, 3.8) is 0 Å². The van der Waals surface area contributed by atoms with Crippen molar-refractivity contribution in [3.05, 3.63) is 48.2 Å². The first-order chi connectivity index (χ1) is 13.2. The fourth-order valence-corrected chi connectivity index (χ4v) is 4.31. The number of aliphatic hydroxyl groups excluding tert-OH is 1.